The fraction of sp³-hybridized carbons (Fsp3) is 0.538. The largest absolute Gasteiger partial charge is 0.416 e. The molecule has 0 aliphatic rings. The normalized spacial score (nSPS) is 16.0. The Labute approximate surface area is 99.3 Å². The molecule has 96 valence electrons. The zero-order valence-electron chi connectivity index (χ0n) is 10.2. The first-order valence-electron chi connectivity index (χ1n) is 5.62. The second-order valence-corrected chi connectivity index (χ2v) is 4.48. The molecule has 1 unspecified atom stereocenters. The van der Waals surface area contributed by atoms with Crippen molar-refractivity contribution in [2.75, 3.05) is 0 Å². The molecule has 0 heterocycles. The van der Waals surface area contributed by atoms with Crippen LogP contribution in [0.25, 0.3) is 0 Å². The van der Waals surface area contributed by atoms with Gasteiger partial charge in [-0.25, -0.2) is 0 Å². The lowest BCUT2D eigenvalue weighted by Crippen LogP contribution is -2.33. The smallest absolute Gasteiger partial charge is 0.385 e. The summed E-state index contributed by atoms with van der Waals surface area (Å²) in [6, 6.07) is 5.22. The first-order valence-corrected chi connectivity index (χ1v) is 5.62. The summed E-state index contributed by atoms with van der Waals surface area (Å²) in [4.78, 5) is 0. The van der Waals surface area contributed by atoms with Crippen molar-refractivity contribution in [3.05, 3.63) is 35.4 Å². The third-order valence-electron chi connectivity index (χ3n) is 3.19. The molecule has 0 aliphatic carbocycles. The Morgan fingerprint density at radius 1 is 1.12 bits per heavy atom. The van der Waals surface area contributed by atoms with Crippen LogP contribution < -0.4 is 0 Å². The second kappa shape index (κ2) is 4.69. The maximum atomic E-state index is 12.9. The third kappa shape index (κ3) is 2.63. The van der Waals surface area contributed by atoms with Crippen LogP contribution in [0.2, 0.25) is 0 Å². The summed E-state index contributed by atoms with van der Waals surface area (Å²) in [5, 5.41) is 10.4. The predicted molar refractivity (Wildman–Crippen MR) is 60.5 cm³/mol. The van der Waals surface area contributed by atoms with Crippen LogP contribution in [-0.2, 0) is 11.8 Å². The lowest BCUT2D eigenvalue weighted by Gasteiger charge is -2.33. The lowest BCUT2D eigenvalue weighted by molar-refractivity contribution is -0.141. The van der Waals surface area contributed by atoms with Gasteiger partial charge in [-0.05, 0) is 24.0 Å². The fourth-order valence-corrected chi connectivity index (χ4v) is 2.02. The number of alkyl halides is 3. The van der Waals surface area contributed by atoms with Gasteiger partial charge in [-0.1, -0.05) is 39.0 Å². The summed E-state index contributed by atoms with van der Waals surface area (Å²) in [6.07, 6.45) is -4.19. The van der Waals surface area contributed by atoms with Gasteiger partial charge in [0.2, 0.25) is 0 Å². The van der Waals surface area contributed by atoms with Crippen LogP contribution in [0.1, 0.15) is 38.3 Å². The molecule has 1 aromatic carbocycles. The lowest BCUT2D eigenvalue weighted by atomic mass is 9.79. The van der Waals surface area contributed by atoms with Crippen LogP contribution >= 0.6 is 0 Å². The molecule has 1 N–H and O–H groups in total. The van der Waals surface area contributed by atoms with Crippen molar-refractivity contribution in [2.24, 2.45) is 5.92 Å². The van der Waals surface area contributed by atoms with Crippen molar-refractivity contribution in [3.63, 3.8) is 0 Å². The molecular formula is C13H17F3O. The number of aliphatic hydroxyl groups is 1. The molecule has 0 spiro atoms. The number of hydrogen-bond donors (Lipinski definition) is 1. The topological polar surface area (TPSA) is 20.2 Å². The fourth-order valence-electron chi connectivity index (χ4n) is 2.02. The van der Waals surface area contributed by atoms with Crippen molar-refractivity contribution in [1.82, 2.24) is 0 Å². The molecule has 0 aliphatic heterocycles. The SMILES string of the molecule is CCC(O)(c1ccccc1C(F)(F)F)C(C)C. The molecule has 0 radical (unpaired) electrons. The van der Waals surface area contributed by atoms with E-state index in [4.69, 9.17) is 0 Å². The van der Waals surface area contributed by atoms with Gasteiger partial charge < -0.3 is 5.11 Å². The minimum absolute atomic E-state index is 0.0370. The van der Waals surface area contributed by atoms with E-state index in [1.165, 1.54) is 18.2 Å². The maximum Gasteiger partial charge on any atom is 0.416 e. The quantitative estimate of drug-likeness (QED) is 0.855. The maximum absolute atomic E-state index is 12.9. The molecule has 1 aromatic rings. The Morgan fingerprint density at radius 3 is 1.94 bits per heavy atom. The van der Waals surface area contributed by atoms with Gasteiger partial charge in [0, 0.05) is 0 Å². The first kappa shape index (κ1) is 14.0. The minimum atomic E-state index is -4.44. The molecule has 0 saturated carbocycles. The second-order valence-electron chi connectivity index (χ2n) is 4.48. The van der Waals surface area contributed by atoms with Crippen molar-refractivity contribution >= 4 is 0 Å². The van der Waals surface area contributed by atoms with Gasteiger partial charge in [-0.2, -0.15) is 13.2 Å². The molecular weight excluding hydrogens is 229 g/mol. The highest BCUT2D eigenvalue weighted by atomic mass is 19.4. The van der Waals surface area contributed by atoms with Crippen LogP contribution in [0.4, 0.5) is 13.2 Å². The third-order valence-corrected chi connectivity index (χ3v) is 3.19. The molecule has 0 fully saturated rings. The van der Waals surface area contributed by atoms with Crippen molar-refractivity contribution in [2.45, 2.75) is 39.0 Å². The molecule has 0 bridgehead atoms. The van der Waals surface area contributed by atoms with E-state index >= 15 is 0 Å². The predicted octanol–water partition coefficient (Wildman–Crippen LogP) is 3.96. The summed E-state index contributed by atoms with van der Waals surface area (Å²) in [5.41, 5.74) is -2.23. The van der Waals surface area contributed by atoms with Gasteiger partial charge in [-0.15, -0.1) is 0 Å². The highest BCUT2D eigenvalue weighted by Crippen LogP contribution is 2.41. The van der Waals surface area contributed by atoms with E-state index < -0.39 is 17.3 Å². The Hall–Kier alpha value is -1.03. The van der Waals surface area contributed by atoms with Gasteiger partial charge in [0.1, 0.15) is 0 Å². The molecule has 1 rings (SSSR count). The average molecular weight is 246 g/mol. The Balaban J connectivity index is 3.40. The highest BCUT2D eigenvalue weighted by molar-refractivity contribution is 5.34. The van der Waals surface area contributed by atoms with Gasteiger partial charge in [0.15, 0.2) is 0 Å². The van der Waals surface area contributed by atoms with E-state index in [1.54, 1.807) is 20.8 Å². The van der Waals surface area contributed by atoms with Crippen LogP contribution in [0.15, 0.2) is 24.3 Å². The summed E-state index contributed by atoms with van der Waals surface area (Å²) in [6.45, 7) is 5.13. The zero-order chi connectivity index (χ0) is 13.3. The van der Waals surface area contributed by atoms with Crippen molar-refractivity contribution in [3.8, 4) is 0 Å². The summed E-state index contributed by atoms with van der Waals surface area (Å²) in [5.74, 6) is -0.281. The molecule has 17 heavy (non-hydrogen) atoms. The van der Waals surface area contributed by atoms with Crippen LogP contribution in [0.5, 0.6) is 0 Å². The summed E-state index contributed by atoms with van der Waals surface area (Å²) < 4.78 is 38.6. The molecule has 0 saturated heterocycles. The zero-order valence-corrected chi connectivity index (χ0v) is 10.2. The van der Waals surface area contributed by atoms with Crippen LogP contribution in [0.3, 0.4) is 0 Å². The Morgan fingerprint density at radius 2 is 1.59 bits per heavy atom. The molecule has 0 aromatic heterocycles. The van der Waals surface area contributed by atoms with E-state index in [2.05, 4.69) is 0 Å². The molecule has 1 atom stereocenters. The number of hydrogen-bond acceptors (Lipinski definition) is 1. The number of halogens is 3. The van der Waals surface area contributed by atoms with E-state index in [0.717, 1.165) is 6.07 Å². The van der Waals surface area contributed by atoms with Gasteiger partial charge >= 0.3 is 6.18 Å². The number of benzene rings is 1. The van der Waals surface area contributed by atoms with E-state index in [-0.39, 0.29) is 17.9 Å². The highest BCUT2D eigenvalue weighted by Gasteiger charge is 2.41. The standard InChI is InChI=1S/C13H17F3O/c1-4-12(17,9(2)3)10-7-5-6-8-11(10)13(14,15)16/h5-9,17H,4H2,1-3H3. The first-order chi connectivity index (χ1) is 7.73. The molecule has 0 amide bonds. The van der Waals surface area contributed by atoms with Gasteiger partial charge in [-0.3, -0.25) is 0 Å². The average Bonchev–Trinajstić information content (AvgIpc) is 2.26. The van der Waals surface area contributed by atoms with E-state index in [9.17, 15) is 18.3 Å². The monoisotopic (exact) mass is 246 g/mol. The number of rotatable bonds is 3. The van der Waals surface area contributed by atoms with E-state index in [1.807, 2.05) is 0 Å². The van der Waals surface area contributed by atoms with Crippen LogP contribution in [-0.4, -0.2) is 5.11 Å². The van der Waals surface area contributed by atoms with Gasteiger partial charge in [0.25, 0.3) is 0 Å². The molecule has 1 nitrogen and oxygen atoms in total. The van der Waals surface area contributed by atoms with Crippen molar-refractivity contribution in [1.29, 1.82) is 0 Å². The Bertz CT molecular complexity index is 384. The Kier molecular flexibility index (Phi) is 3.87. The van der Waals surface area contributed by atoms with Crippen LogP contribution in [0, 0.1) is 5.92 Å². The minimum Gasteiger partial charge on any atom is -0.385 e. The van der Waals surface area contributed by atoms with Gasteiger partial charge in [0.05, 0.1) is 11.2 Å². The summed E-state index contributed by atoms with van der Waals surface area (Å²) >= 11 is 0. The molecule has 4 heteroatoms. The van der Waals surface area contributed by atoms with Crippen molar-refractivity contribution < 1.29 is 18.3 Å². The summed E-state index contributed by atoms with van der Waals surface area (Å²) in [7, 11) is 0. The van der Waals surface area contributed by atoms with E-state index in [0.29, 0.717) is 0 Å².